The maximum atomic E-state index is 12.0. The van der Waals surface area contributed by atoms with Crippen LogP contribution in [0, 0.1) is 0 Å². The molecule has 0 fully saturated rings. The highest BCUT2D eigenvalue weighted by Crippen LogP contribution is 2.38. The molecule has 0 N–H and O–H groups in total. The zero-order valence-corrected chi connectivity index (χ0v) is 17.4. The van der Waals surface area contributed by atoms with Gasteiger partial charge in [0.25, 0.3) is 0 Å². The van der Waals surface area contributed by atoms with Crippen molar-refractivity contribution >= 4 is 40.4 Å². The van der Waals surface area contributed by atoms with Crippen molar-refractivity contribution in [3.63, 3.8) is 0 Å². The maximum Gasteiger partial charge on any atom is 0.318 e. The molecule has 0 radical (unpaired) electrons. The molecule has 2 aromatic carbocycles. The van der Waals surface area contributed by atoms with Gasteiger partial charge in [-0.1, -0.05) is 53.7 Å². The van der Waals surface area contributed by atoms with E-state index in [0.29, 0.717) is 5.02 Å². The van der Waals surface area contributed by atoms with Crippen molar-refractivity contribution in [1.29, 1.82) is 0 Å². The predicted octanol–water partition coefficient (Wildman–Crippen LogP) is 5.39. The molecule has 0 bridgehead atoms. The zero-order chi connectivity index (χ0) is 20.4. The summed E-state index contributed by atoms with van der Waals surface area (Å²) in [5, 5.41) is 1.92. The first-order chi connectivity index (χ1) is 14.1. The third kappa shape index (κ3) is 3.86. The first-order valence-electron chi connectivity index (χ1n) is 9.00. The van der Waals surface area contributed by atoms with Crippen LogP contribution >= 0.6 is 23.4 Å². The lowest BCUT2D eigenvalue weighted by Gasteiger charge is -2.10. The van der Waals surface area contributed by atoms with Crippen molar-refractivity contribution < 1.29 is 9.53 Å². The average molecular weight is 424 g/mol. The minimum Gasteiger partial charge on any atom is -0.468 e. The normalized spacial score (nSPS) is 12.1. The first-order valence-corrected chi connectivity index (χ1v) is 10.3. The quantitative estimate of drug-likeness (QED) is 0.244. The number of ether oxygens (including phenoxy) is 1. The van der Waals surface area contributed by atoms with E-state index >= 15 is 0 Å². The lowest BCUT2D eigenvalue weighted by Crippen LogP contribution is -2.14. The Bertz CT molecular complexity index is 1160. The van der Waals surface area contributed by atoms with Crippen LogP contribution in [-0.2, 0) is 9.53 Å². The van der Waals surface area contributed by atoms with Crippen molar-refractivity contribution in [3.8, 4) is 16.8 Å². The number of fused-ring (bicyclic) bond motifs is 1. The molecule has 0 saturated carbocycles. The number of esters is 1. The molecule has 1 unspecified atom stereocenters. The standard InChI is InChI=1S/C22H18ClN3O2S/c1-14(22(27)28-2)29-21-19-18(15-6-4-3-5-7-15)12-26(20(19)24-13-25-21)17-10-8-16(23)9-11-17/h3-14H,1-2H3. The fourth-order valence-corrected chi connectivity index (χ4v) is 4.22. The minimum atomic E-state index is -0.388. The minimum absolute atomic E-state index is 0.292. The van der Waals surface area contributed by atoms with Crippen molar-refractivity contribution in [2.75, 3.05) is 7.11 Å². The fraction of sp³-hybridized carbons (Fsp3) is 0.136. The largest absolute Gasteiger partial charge is 0.468 e. The summed E-state index contributed by atoms with van der Waals surface area (Å²) in [5.74, 6) is -0.292. The number of aromatic nitrogens is 3. The van der Waals surface area contributed by atoms with Crippen LogP contribution in [-0.4, -0.2) is 32.9 Å². The van der Waals surface area contributed by atoms with Crippen LogP contribution in [0.25, 0.3) is 27.8 Å². The van der Waals surface area contributed by atoms with E-state index in [-0.39, 0.29) is 11.2 Å². The Labute approximate surface area is 177 Å². The molecule has 2 heterocycles. The average Bonchev–Trinajstić information content (AvgIpc) is 3.15. The molecule has 7 heteroatoms. The lowest BCUT2D eigenvalue weighted by molar-refractivity contribution is -0.139. The van der Waals surface area contributed by atoms with Crippen LogP contribution in [0.1, 0.15) is 6.92 Å². The van der Waals surface area contributed by atoms with Gasteiger partial charge in [-0.2, -0.15) is 0 Å². The van der Waals surface area contributed by atoms with Crippen LogP contribution in [0.3, 0.4) is 0 Å². The maximum absolute atomic E-state index is 12.0. The first kappa shape index (κ1) is 19.5. The number of carbonyl (C=O) groups excluding carboxylic acids is 1. The van der Waals surface area contributed by atoms with Crippen molar-refractivity contribution in [2.24, 2.45) is 0 Å². The molecule has 2 aromatic heterocycles. The van der Waals surface area contributed by atoms with E-state index in [1.165, 1.54) is 25.2 Å². The van der Waals surface area contributed by atoms with Crippen molar-refractivity contribution in [1.82, 2.24) is 14.5 Å². The highest BCUT2D eigenvalue weighted by atomic mass is 35.5. The smallest absolute Gasteiger partial charge is 0.318 e. The van der Waals surface area contributed by atoms with Gasteiger partial charge >= 0.3 is 5.97 Å². The molecule has 0 amide bonds. The lowest BCUT2D eigenvalue weighted by atomic mass is 10.1. The Morgan fingerprint density at radius 3 is 2.52 bits per heavy atom. The van der Waals surface area contributed by atoms with Gasteiger partial charge in [0.2, 0.25) is 0 Å². The van der Waals surface area contributed by atoms with Crippen LogP contribution in [0.2, 0.25) is 5.02 Å². The number of halogens is 1. The van der Waals surface area contributed by atoms with Crippen molar-refractivity contribution in [2.45, 2.75) is 17.2 Å². The third-order valence-corrected chi connectivity index (χ3v) is 5.89. The fourth-order valence-electron chi connectivity index (χ4n) is 3.14. The molecule has 0 spiro atoms. The molecule has 4 rings (SSSR count). The van der Waals surface area contributed by atoms with Gasteiger partial charge in [0, 0.05) is 22.5 Å². The van der Waals surface area contributed by atoms with Crippen LogP contribution in [0.15, 0.2) is 72.1 Å². The van der Waals surface area contributed by atoms with Crippen LogP contribution < -0.4 is 0 Å². The predicted molar refractivity (Wildman–Crippen MR) is 117 cm³/mol. The van der Waals surface area contributed by atoms with Gasteiger partial charge in [0.1, 0.15) is 22.3 Å². The second-order valence-corrected chi connectivity index (χ2v) is 8.18. The van der Waals surface area contributed by atoms with E-state index in [4.69, 9.17) is 16.3 Å². The van der Waals surface area contributed by atoms with E-state index < -0.39 is 0 Å². The number of rotatable bonds is 5. The van der Waals surface area contributed by atoms with Gasteiger partial charge in [-0.15, -0.1) is 0 Å². The Morgan fingerprint density at radius 1 is 1.10 bits per heavy atom. The summed E-state index contributed by atoms with van der Waals surface area (Å²) in [4.78, 5) is 21.0. The van der Waals surface area contributed by atoms with Gasteiger partial charge in [-0.3, -0.25) is 4.79 Å². The van der Waals surface area contributed by atoms with Gasteiger partial charge in [-0.05, 0) is 36.8 Å². The van der Waals surface area contributed by atoms with Crippen LogP contribution in [0.4, 0.5) is 0 Å². The number of methoxy groups -OCH3 is 1. The van der Waals surface area contributed by atoms with E-state index in [9.17, 15) is 4.79 Å². The molecule has 0 aliphatic rings. The molecule has 146 valence electrons. The van der Waals surface area contributed by atoms with Gasteiger partial charge < -0.3 is 9.30 Å². The summed E-state index contributed by atoms with van der Waals surface area (Å²) in [6, 6.07) is 17.7. The number of hydrogen-bond acceptors (Lipinski definition) is 5. The summed E-state index contributed by atoms with van der Waals surface area (Å²) in [6.45, 7) is 1.81. The SMILES string of the molecule is COC(=O)C(C)Sc1ncnc2c1c(-c1ccccc1)cn2-c1ccc(Cl)cc1. The van der Waals surface area contributed by atoms with E-state index in [1.807, 2.05) is 72.3 Å². The number of thioether (sulfide) groups is 1. The Balaban J connectivity index is 1.94. The number of nitrogens with zero attached hydrogens (tertiary/aromatic N) is 3. The van der Waals surface area contributed by atoms with E-state index in [2.05, 4.69) is 9.97 Å². The summed E-state index contributed by atoms with van der Waals surface area (Å²) in [6.07, 6.45) is 3.57. The molecule has 29 heavy (non-hydrogen) atoms. The Morgan fingerprint density at radius 2 is 1.83 bits per heavy atom. The Kier molecular flexibility index (Phi) is 5.56. The van der Waals surface area contributed by atoms with E-state index in [1.54, 1.807) is 0 Å². The van der Waals surface area contributed by atoms with E-state index in [0.717, 1.165) is 32.9 Å². The molecular weight excluding hydrogens is 406 g/mol. The van der Waals surface area contributed by atoms with Gasteiger partial charge in [0.15, 0.2) is 0 Å². The highest BCUT2D eigenvalue weighted by Gasteiger charge is 2.22. The molecule has 0 saturated heterocycles. The molecular formula is C22H18ClN3O2S. The van der Waals surface area contributed by atoms with Gasteiger partial charge in [-0.25, -0.2) is 9.97 Å². The second kappa shape index (κ2) is 8.27. The molecule has 0 aliphatic carbocycles. The topological polar surface area (TPSA) is 57.0 Å². The summed E-state index contributed by atoms with van der Waals surface area (Å²) in [7, 11) is 1.39. The Hall–Kier alpha value is -2.83. The molecule has 4 aromatic rings. The number of carbonyl (C=O) groups is 1. The monoisotopic (exact) mass is 423 g/mol. The number of benzene rings is 2. The van der Waals surface area contributed by atoms with Crippen LogP contribution in [0.5, 0.6) is 0 Å². The second-order valence-electron chi connectivity index (χ2n) is 6.42. The summed E-state index contributed by atoms with van der Waals surface area (Å²) in [5.41, 5.74) is 3.75. The molecule has 5 nitrogen and oxygen atoms in total. The van der Waals surface area contributed by atoms with Gasteiger partial charge in [0.05, 0.1) is 12.5 Å². The highest BCUT2D eigenvalue weighted by molar-refractivity contribution is 8.00. The number of hydrogen-bond donors (Lipinski definition) is 0. The van der Waals surface area contributed by atoms with Crippen molar-refractivity contribution in [3.05, 3.63) is 72.1 Å². The molecule has 1 atom stereocenters. The molecule has 0 aliphatic heterocycles. The summed E-state index contributed by atoms with van der Waals surface area (Å²) >= 11 is 7.43. The summed E-state index contributed by atoms with van der Waals surface area (Å²) < 4.78 is 6.89. The third-order valence-electron chi connectivity index (χ3n) is 4.56. The zero-order valence-electron chi connectivity index (χ0n) is 15.9.